The topological polar surface area (TPSA) is 77.3 Å². The lowest BCUT2D eigenvalue weighted by atomic mass is 10.2. The standard InChI is InChI=1S/C14H20N4O3S/c1-11(2)8-18-9-13(16-10-18)22(19,20)17(3)14-12(21-4)6-5-7-15-14/h5-7,9-11H,8H2,1-4H3. The van der Waals surface area contributed by atoms with E-state index < -0.39 is 10.0 Å². The van der Waals surface area contributed by atoms with Crippen LogP contribution in [0.1, 0.15) is 13.8 Å². The molecule has 22 heavy (non-hydrogen) atoms. The highest BCUT2D eigenvalue weighted by molar-refractivity contribution is 7.92. The average Bonchev–Trinajstić information content (AvgIpc) is 2.94. The molecule has 2 aromatic rings. The number of hydrogen-bond acceptors (Lipinski definition) is 5. The zero-order chi connectivity index (χ0) is 16.3. The van der Waals surface area contributed by atoms with Crippen molar-refractivity contribution in [1.82, 2.24) is 14.5 Å². The van der Waals surface area contributed by atoms with Gasteiger partial charge in [0.15, 0.2) is 16.6 Å². The largest absolute Gasteiger partial charge is 0.493 e. The van der Waals surface area contributed by atoms with Gasteiger partial charge in [-0.1, -0.05) is 13.8 Å². The first-order chi connectivity index (χ1) is 10.4. The van der Waals surface area contributed by atoms with E-state index >= 15 is 0 Å². The van der Waals surface area contributed by atoms with Crippen molar-refractivity contribution in [2.75, 3.05) is 18.5 Å². The number of methoxy groups -OCH3 is 1. The first kappa shape index (κ1) is 16.3. The Hall–Kier alpha value is -2.09. The minimum absolute atomic E-state index is 0.0108. The van der Waals surface area contributed by atoms with E-state index in [0.717, 1.165) is 4.31 Å². The van der Waals surface area contributed by atoms with Crippen molar-refractivity contribution in [1.29, 1.82) is 0 Å². The molecule has 2 aromatic heterocycles. The Balaban J connectivity index is 2.35. The molecule has 0 atom stereocenters. The molecule has 0 N–H and O–H groups in total. The number of rotatable bonds is 6. The van der Waals surface area contributed by atoms with Gasteiger partial charge in [0.2, 0.25) is 0 Å². The first-order valence-corrected chi connectivity index (χ1v) is 8.30. The number of sulfonamides is 1. The smallest absolute Gasteiger partial charge is 0.284 e. The molecule has 0 saturated carbocycles. The lowest BCUT2D eigenvalue weighted by Crippen LogP contribution is -2.28. The van der Waals surface area contributed by atoms with Crippen LogP contribution in [0.15, 0.2) is 35.9 Å². The van der Waals surface area contributed by atoms with Crippen LogP contribution >= 0.6 is 0 Å². The van der Waals surface area contributed by atoms with Gasteiger partial charge < -0.3 is 9.30 Å². The number of hydrogen-bond donors (Lipinski definition) is 0. The maximum absolute atomic E-state index is 12.7. The lowest BCUT2D eigenvalue weighted by molar-refractivity contribution is 0.414. The molecule has 8 heteroatoms. The van der Waals surface area contributed by atoms with E-state index in [1.807, 2.05) is 0 Å². The second kappa shape index (κ2) is 6.35. The van der Waals surface area contributed by atoms with Gasteiger partial charge in [-0.3, -0.25) is 0 Å². The van der Waals surface area contributed by atoms with E-state index in [1.165, 1.54) is 32.9 Å². The van der Waals surface area contributed by atoms with Gasteiger partial charge in [-0.25, -0.2) is 14.3 Å². The highest BCUT2D eigenvalue weighted by Crippen LogP contribution is 2.27. The zero-order valence-corrected chi connectivity index (χ0v) is 13.9. The molecule has 0 aliphatic rings. The van der Waals surface area contributed by atoms with Crippen molar-refractivity contribution in [2.24, 2.45) is 5.92 Å². The van der Waals surface area contributed by atoms with Crippen LogP contribution in [-0.4, -0.2) is 37.1 Å². The van der Waals surface area contributed by atoms with Crippen LogP contribution in [0.5, 0.6) is 5.75 Å². The van der Waals surface area contributed by atoms with Gasteiger partial charge in [0, 0.05) is 26.0 Å². The Morgan fingerprint density at radius 1 is 1.36 bits per heavy atom. The van der Waals surface area contributed by atoms with Gasteiger partial charge >= 0.3 is 0 Å². The molecule has 0 amide bonds. The summed E-state index contributed by atoms with van der Waals surface area (Å²) in [5.74, 6) is 1.01. The molecule has 2 rings (SSSR count). The molecule has 0 aromatic carbocycles. The number of pyridine rings is 1. The van der Waals surface area contributed by atoms with Crippen LogP contribution in [0.2, 0.25) is 0 Å². The summed E-state index contributed by atoms with van der Waals surface area (Å²) in [4.78, 5) is 8.09. The first-order valence-electron chi connectivity index (χ1n) is 6.86. The SMILES string of the molecule is COc1cccnc1N(C)S(=O)(=O)c1cn(CC(C)C)cn1. The summed E-state index contributed by atoms with van der Waals surface area (Å²) in [5.41, 5.74) is 0. The second-order valence-corrected chi connectivity index (χ2v) is 7.22. The van der Waals surface area contributed by atoms with Gasteiger partial charge in [0.25, 0.3) is 10.0 Å². The molecule has 7 nitrogen and oxygen atoms in total. The zero-order valence-electron chi connectivity index (χ0n) is 13.1. The van der Waals surface area contributed by atoms with Crippen LogP contribution in [0.3, 0.4) is 0 Å². The van der Waals surface area contributed by atoms with Crippen molar-refractivity contribution in [2.45, 2.75) is 25.4 Å². The van der Waals surface area contributed by atoms with Crippen molar-refractivity contribution >= 4 is 15.8 Å². The van der Waals surface area contributed by atoms with Gasteiger partial charge in [-0.2, -0.15) is 8.42 Å². The van der Waals surface area contributed by atoms with Crippen LogP contribution in [0.25, 0.3) is 0 Å². The molecule has 0 aliphatic carbocycles. The molecule has 0 fully saturated rings. The Morgan fingerprint density at radius 3 is 2.73 bits per heavy atom. The third-order valence-corrected chi connectivity index (χ3v) is 4.71. The molecular formula is C14H20N4O3S. The molecule has 120 valence electrons. The van der Waals surface area contributed by atoms with Crippen LogP contribution < -0.4 is 9.04 Å². The average molecular weight is 324 g/mol. The van der Waals surface area contributed by atoms with E-state index in [-0.39, 0.29) is 10.8 Å². The van der Waals surface area contributed by atoms with Crippen molar-refractivity contribution < 1.29 is 13.2 Å². The molecule has 2 heterocycles. The predicted molar refractivity (Wildman–Crippen MR) is 83.4 cm³/mol. The Morgan fingerprint density at radius 2 is 2.09 bits per heavy atom. The maximum Gasteiger partial charge on any atom is 0.284 e. The molecule has 0 saturated heterocycles. The van der Waals surface area contributed by atoms with Gasteiger partial charge in [-0.15, -0.1) is 0 Å². The highest BCUT2D eigenvalue weighted by Gasteiger charge is 2.27. The highest BCUT2D eigenvalue weighted by atomic mass is 32.2. The number of anilines is 1. The molecular weight excluding hydrogens is 304 g/mol. The summed E-state index contributed by atoms with van der Waals surface area (Å²) in [6.07, 6.45) is 4.57. The number of aromatic nitrogens is 3. The summed E-state index contributed by atoms with van der Waals surface area (Å²) < 4.78 is 33.3. The van der Waals surface area contributed by atoms with E-state index in [2.05, 4.69) is 23.8 Å². The van der Waals surface area contributed by atoms with Crippen molar-refractivity contribution in [3.63, 3.8) is 0 Å². The number of nitrogens with zero attached hydrogens (tertiary/aromatic N) is 4. The molecule has 0 radical (unpaired) electrons. The molecule has 0 unspecified atom stereocenters. The van der Waals surface area contributed by atoms with Crippen molar-refractivity contribution in [3.8, 4) is 5.75 Å². The number of ether oxygens (including phenoxy) is 1. The normalized spacial score (nSPS) is 11.7. The quantitative estimate of drug-likeness (QED) is 0.809. The van der Waals surface area contributed by atoms with E-state index in [1.54, 1.807) is 16.7 Å². The minimum atomic E-state index is -3.78. The third kappa shape index (κ3) is 3.22. The molecule has 0 bridgehead atoms. The number of imidazole rings is 1. The summed E-state index contributed by atoms with van der Waals surface area (Å²) in [7, 11) is -0.878. The maximum atomic E-state index is 12.7. The van der Waals surface area contributed by atoms with E-state index in [9.17, 15) is 8.42 Å². The summed E-state index contributed by atoms with van der Waals surface area (Å²) in [6, 6.07) is 3.34. The molecule has 0 aliphatic heterocycles. The van der Waals surface area contributed by atoms with E-state index in [0.29, 0.717) is 18.2 Å². The Kier molecular flexibility index (Phi) is 4.70. The summed E-state index contributed by atoms with van der Waals surface area (Å²) in [6.45, 7) is 4.82. The second-order valence-electron chi connectivity index (χ2n) is 5.30. The predicted octanol–water partition coefficient (Wildman–Crippen LogP) is 1.77. The summed E-state index contributed by atoms with van der Waals surface area (Å²) >= 11 is 0. The fourth-order valence-corrected chi connectivity index (χ4v) is 3.12. The van der Waals surface area contributed by atoms with Gasteiger partial charge in [-0.05, 0) is 18.1 Å². The monoisotopic (exact) mass is 324 g/mol. The van der Waals surface area contributed by atoms with Crippen molar-refractivity contribution in [3.05, 3.63) is 30.9 Å². The van der Waals surface area contributed by atoms with Crippen LogP contribution in [-0.2, 0) is 16.6 Å². The van der Waals surface area contributed by atoms with Gasteiger partial charge in [0.1, 0.15) is 0 Å². The third-order valence-electron chi connectivity index (χ3n) is 3.08. The Labute approximate surface area is 130 Å². The Bertz CT molecular complexity index is 740. The van der Waals surface area contributed by atoms with Gasteiger partial charge in [0.05, 0.1) is 13.4 Å². The fourth-order valence-electron chi connectivity index (χ4n) is 2.03. The van der Waals surface area contributed by atoms with E-state index in [4.69, 9.17) is 4.74 Å². The lowest BCUT2D eigenvalue weighted by Gasteiger charge is -2.18. The fraction of sp³-hybridized carbons (Fsp3) is 0.429. The summed E-state index contributed by atoms with van der Waals surface area (Å²) in [5, 5.41) is -0.0108. The molecule has 0 spiro atoms. The van der Waals surface area contributed by atoms with Crippen LogP contribution in [0.4, 0.5) is 5.82 Å². The minimum Gasteiger partial charge on any atom is -0.493 e. The van der Waals surface area contributed by atoms with Crippen LogP contribution in [0, 0.1) is 5.92 Å².